The Balaban J connectivity index is 1.03. The smallest absolute Gasteiger partial charge is 0.230 e. The number of benzene rings is 2. The number of halogens is 1. The van der Waals surface area contributed by atoms with Gasteiger partial charge in [-0.05, 0) is 23.8 Å². The average Bonchev–Trinajstić information content (AvgIpc) is 3.54. The molecule has 1 spiro atoms. The fourth-order valence-corrected chi connectivity index (χ4v) is 6.36. The molecule has 4 atom stereocenters. The molecule has 0 aromatic heterocycles. The Bertz CT molecular complexity index is 1170. The van der Waals surface area contributed by atoms with Gasteiger partial charge in [-0.15, -0.1) is 0 Å². The molecule has 4 aliphatic heterocycles. The number of nitrogens with one attached hydrogen (secondary N) is 1. The molecular weight excluding hydrogens is 476 g/mol. The number of nitrogens with zero attached hydrogens (tertiary/aromatic N) is 3. The molecule has 2 aromatic rings. The monoisotopic (exact) mass is 506 g/mol. The number of carbonyl (C=O) groups is 2. The van der Waals surface area contributed by atoms with Crippen LogP contribution in [0.1, 0.15) is 5.56 Å². The molecule has 0 unspecified atom stereocenters. The summed E-state index contributed by atoms with van der Waals surface area (Å²) in [5.74, 6) is -1.09. The molecule has 1 N–H and O–H groups in total. The van der Waals surface area contributed by atoms with Crippen molar-refractivity contribution in [3.8, 4) is 0 Å². The number of ether oxygens (including phenoxy) is 1. The van der Waals surface area contributed by atoms with E-state index in [2.05, 4.69) is 39.4 Å². The fraction of sp³-hybridized carbons (Fsp3) is 0.429. The van der Waals surface area contributed by atoms with Crippen molar-refractivity contribution in [2.75, 3.05) is 50.7 Å². The van der Waals surface area contributed by atoms with Gasteiger partial charge in [0.2, 0.25) is 11.8 Å². The normalized spacial score (nSPS) is 29.1. The molecule has 3 saturated heterocycles. The zero-order chi connectivity index (χ0) is 24.7. The molecule has 2 bridgehead atoms. The Morgan fingerprint density at radius 3 is 2.58 bits per heavy atom. The summed E-state index contributed by atoms with van der Waals surface area (Å²) in [6, 6.07) is 18.0. The van der Waals surface area contributed by atoms with Crippen LogP contribution in [-0.2, 0) is 20.9 Å². The number of amides is 2. The third kappa shape index (κ3) is 4.19. The van der Waals surface area contributed by atoms with E-state index < -0.39 is 17.4 Å². The Hall–Kier alpha value is -2.87. The van der Waals surface area contributed by atoms with Gasteiger partial charge in [-0.2, -0.15) is 0 Å². The molecule has 7 nitrogen and oxygen atoms in total. The number of hydrogen-bond acceptors (Lipinski definition) is 5. The number of rotatable bonds is 7. The molecule has 188 valence electrons. The highest BCUT2D eigenvalue weighted by Gasteiger charge is 2.66. The van der Waals surface area contributed by atoms with Crippen molar-refractivity contribution < 1.29 is 14.3 Å². The van der Waals surface area contributed by atoms with Crippen molar-refractivity contribution >= 4 is 29.1 Å². The minimum Gasteiger partial charge on any atom is -0.369 e. The van der Waals surface area contributed by atoms with Gasteiger partial charge in [0, 0.05) is 56.5 Å². The number of piperazine rings is 1. The maximum Gasteiger partial charge on any atom is 0.230 e. The van der Waals surface area contributed by atoms with E-state index in [-0.39, 0.29) is 17.9 Å². The van der Waals surface area contributed by atoms with E-state index in [0.29, 0.717) is 24.7 Å². The third-order valence-electron chi connectivity index (χ3n) is 8.02. The molecule has 4 heterocycles. The predicted octanol–water partition coefficient (Wildman–Crippen LogP) is 2.56. The Labute approximate surface area is 216 Å². The average molecular weight is 507 g/mol. The Kier molecular flexibility index (Phi) is 6.23. The van der Waals surface area contributed by atoms with E-state index in [9.17, 15) is 9.59 Å². The van der Waals surface area contributed by atoms with Gasteiger partial charge in [0.05, 0.1) is 24.5 Å². The van der Waals surface area contributed by atoms with E-state index in [1.54, 1.807) is 4.90 Å². The lowest BCUT2D eigenvalue weighted by Gasteiger charge is -2.36. The molecular formula is C28H31ClN4O3. The maximum absolute atomic E-state index is 13.4. The standard InChI is InChI=1S/C28H31ClN4O3/c29-22-9-5-4-6-20(22)18-33-19-28-11-10-23(36-28)24(25(28)27(33)35)26(34)30-12-13-31-14-16-32(17-15-31)21-7-2-1-3-8-21/h1-11,23-25H,12-19H2,(H,30,34)/t23-,24+,25-,28-/m0/s1. The molecule has 36 heavy (non-hydrogen) atoms. The highest BCUT2D eigenvalue weighted by Crippen LogP contribution is 2.52. The van der Waals surface area contributed by atoms with Crippen molar-refractivity contribution in [2.45, 2.75) is 18.2 Å². The van der Waals surface area contributed by atoms with Gasteiger partial charge in [-0.3, -0.25) is 14.5 Å². The lowest BCUT2D eigenvalue weighted by molar-refractivity contribution is -0.137. The van der Waals surface area contributed by atoms with Gasteiger partial charge < -0.3 is 19.9 Å². The number of likely N-dealkylation sites (tertiary alicyclic amines) is 1. The number of carbonyl (C=O) groups excluding carboxylic acids is 2. The maximum atomic E-state index is 13.4. The van der Waals surface area contributed by atoms with Gasteiger partial charge in [-0.25, -0.2) is 0 Å². The van der Waals surface area contributed by atoms with Crippen molar-refractivity contribution in [1.29, 1.82) is 0 Å². The highest BCUT2D eigenvalue weighted by molar-refractivity contribution is 6.31. The van der Waals surface area contributed by atoms with E-state index in [1.165, 1.54) is 5.69 Å². The van der Waals surface area contributed by atoms with Gasteiger partial charge in [0.1, 0.15) is 5.60 Å². The summed E-state index contributed by atoms with van der Waals surface area (Å²) in [5, 5.41) is 3.74. The predicted molar refractivity (Wildman–Crippen MR) is 139 cm³/mol. The van der Waals surface area contributed by atoms with Crippen LogP contribution in [0.25, 0.3) is 0 Å². The van der Waals surface area contributed by atoms with Crippen LogP contribution in [0.2, 0.25) is 5.02 Å². The quantitative estimate of drug-likeness (QED) is 0.585. The first kappa shape index (κ1) is 23.5. The van der Waals surface area contributed by atoms with E-state index in [0.717, 1.165) is 38.3 Å². The van der Waals surface area contributed by atoms with Crippen LogP contribution < -0.4 is 10.2 Å². The van der Waals surface area contributed by atoms with Gasteiger partial charge in [0.25, 0.3) is 0 Å². The summed E-state index contributed by atoms with van der Waals surface area (Å²) < 4.78 is 6.25. The number of para-hydroxylation sites is 1. The van der Waals surface area contributed by atoms with Crippen LogP contribution in [0.3, 0.4) is 0 Å². The molecule has 0 radical (unpaired) electrons. The van der Waals surface area contributed by atoms with E-state index in [4.69, 9.17) is 16.3 Å². The molecule has 0 aliphatic carbocycles. The summed E-state index contributed by atoms with van der Waals surface area (Å²) >= 11 is 6.33. The second kappa shape index (κ2) is 9.54. The number of anilines is 1. The second-order valence-electron chi connectivity index (χ2n) is 10.1. The second-order valence-corrected chi connectivity index (χ2v) is 10.5. The Morgan fingerprint density at radius 1 is 1.06 bits per heavy atom. The molecule has 0 saturated carbocycles. The van der Waals surface area contributed by atoms with Crippen LogP contribution in [0.15, 0.2) is 66.7 Å². The van der Waals surface area contributed by atoms with Gasteiger partial charge in [0.15, 0.2) is 0 Å². The van der Waals surface area contributed by atoms with Crippen molar-refractivity contribution in [3.63, 3.8) is 0 Å². The van der Waals surface area contributed by atoms with E-state index in [1.807, 2.05) is 42.5 Å². The molecule has 6 rings (SSSR count). The molecule has 2 aromatic carbocycles. The Morgan fingerprint density at radius 2 is 1.81 bits per heavy atom. The number of hydrogen-bond donors (Lipinski definition) is 1. The molecule has 2 amide bonds. The van der Waals surface area contributed by atoms with Gasteiger partial charge in [-0.1, -0.05) is 60.2 Å². The third-order valence-corrected chi connectivity index (χ3v) is 8.39. The van der Waals surface area contributed by atoms with Crippen molar-refractivity contribution in [1.82, 2.24) is 15.1 Å². The number of fused-ring (bicyclic) bond motifs is 1. The first-order valence-corrected chi connectivity index (χ1v) is 13.1. The topological polar surface area (TPSA) is 65.1 Å². The first-order valence-electron chi connectivity index (χ1n) is 12.7. The van der Waals surface area contributed by atoms with Gasteiger partial charge >= 0.3 is 0 Å². The molecule has 8 heteroatoms. The lowest BCUT2D eigenvalue weighted by Crippen LogP contribution is -2.50. The zero-order valence-corrected chi connectivity index (χ0v) is 20.9. The fourth-order valence-electron chi connectivity index (χ4n) is 6.17. The molecule has 3 fully saturated rings. The lowest BCUT2D eigenvalue weighted by atomic mass is 9.77. The van der Waals surface area contributed by atoms with Crippen LogP contribution in [0.4, 0.5) is 5.69 Å². The van der Waals surface area contributed by atoms with Crippen LogP contribution >= 0.6 is 11.6 Å². The first-order chi connectivity index (χ1) is 17.5. The highest BCUT2D eigenvalue weighted by atomic mass is 35.5. The summed E-state index contributed by atoms with van der Waals surface area (Å²) in [7, 11) is 0. The van der Waals surface area contributed by atoms with Crippen molar-refractivity contribution in [2.24, 2.45) is 11.8 Å². The minimum atomic E-state index is -0.710. The van der Waals surface area contributed by atoms with Crippen LogP contribution in [-0.4, -0.2) is 79.1 Å². The summed E-state index contributed by atoms with van der Waals surface area (Å²) in [6.45, 7) is 6.10. The largest absolute Gasteiger partial charge is 0.369 e. The SMILES string of the molecule is O=C(NCCN1CCN(c2ccccc2)CC1)[C@@H]1[C@@H]2C=C[C@@]3(CN(Cc4ccccc4Cl)C(=O)[C@H]13)O2. The molecule has 4 aliphatic rings. The van der Waals surface area contributed by atoms with Crippen LogP contribution in [0.5, 0.6) is 0 Å². The minimum absolute atomic E-state index is 0.0287. The van der Waals surface area contributed by atoms with E-state index >= 15 is 0 Å². The van der Waals surface area contributed by atoms with Crippen molar-refractivity contribution in [3.05, 3.63) is 77.3 Å². The zero-order valence-electron chi connectivity index (χ0n) is 20.2. The van der Waals surface area contributed by atoms with Crippen LogP contribution in [0, 0.1) is 11.8 Å². The summed E-state index contributed by atoms with van der Waals surface area (Å²) in [6.07, 6.45) is 3.61. The summed E-state index contributed by atoms with van der Waals surface area (Å²) in [5.41, 5.74) is 1.45. The summed E-state index contributed by atoms with van der Waals surface area (Å²) in [4.78, 5) is 33.3.